The Morgan fingerprint density at radius 1 is 1.15 bits per heavy atom. The zero-order valence-electron chi connectivity index (χ0n) is 14.0. The Bertz CT molecular complexity index is 1180. The van der Waals surface area contributed by atoms with E-state index in [2.05, 4.69) is 4.98 Å². The Kier molecular flexibility index (Phi) is 4.48. The lowest BCUT2D eigenvalue weighted by atomic mass is 10.1. The molecule has 0 unspecified atom stereocenters. The van der Waals surface area contributed by atoms with Gasteiger partial charge >= 0.3 is 5.97 Å². The van der Waals surface area contributed by atoms with E-state index in [1.54, 1.807) is 18.2 Å². The van der Waals surface area contributed by atoms with Gasteiger partial charge in [-0.25, -0.2) is 9.78 Å². The van der Waals surface area contributed by atoms with Crippen molar-refractivity contribution >= 4 is 23.2 Å². The third-order valence-corrected chi connectivity index (χ3v) is 4.19. The lowest BCUT2D eigenvalue weighted by molar-refractivity contribution is 0.0432. The predicted octanol–water partition coefficient (Wildman–Crippen LogP) is 3.96. The van der Waals surface area contributed by atoms with Crippen LogP contribution in [0.1, 0.15) is 16.2 Å². The van der Waals surface area contributed by atoms with E-state index in [1.165, 1.54) is 22.9 Å². The number of pyridine rings is 1. The van der Waals surface area contributed by atoms with E-state index >= 15 is 0 Å². The van der Waals surface area contributed by atoms with Gasteiger partial charge in [-0.15, -0.1) is 0 Å². The zero-order valence-corrected chi connectivity index (χ0v) is 14.7. The minimum absolute atomic E-state index is 0.102. The molecule has 3 aromatic heterocycles. The average molecular weight is 381 g/mol. The number of esters is 1. The number of carbonyl (C=O) groups excluding carboxylic acids is 1. The van der Waals surface area contributed by atoms with E-state index in [0.717, 1.165) is 5.56 Å². The maximum atomic E-state index is 12.4. The fourth-order valence-corrected chi connectivity index (χ4v) is 2.88. The topological polar surface area (TPSA) is 73.8 Å². The van der Waals surface area contributed by atoms with Gasteiger partial charge < -0.3 is 9.15 Å². The minimum Gasteiger partial charge on any atom is -0.457 e. The highest BCUT2D eigenvalue weighted by Gasteiger charge is 2.18. The summed E-state index contributed by atoms with van der Waals surface area (Å²) < 4.78 is 11.9. The molecule has 0 bridgehead atoms. The number of hydrogen-bond donors (Lipinski definition) is 0. The number of benzene rings is 1. The van der Waals surface area contributed by atoms with Gasteiger partial charge in [-0.3, -0.25) is 9.20 Å². The van der Waals surface area contributed by atoms with E-state index in [-0.39, 0.29) is 17.9 Å². The molecular formula is C20H13ClN2O4. The lowest BCUT2D eigenvalue weighted by Gasteiger charge is -2.06. The molecule has 0 saturated carbocycles. The summed E-state index contributed by atoms with van der Waals surface area (Å²) in [5.41, 5.74) is 1.93. The standard InChI is InChI=1S/C20H13ClN2O4/c21-14-6-7-17-22-15(10-18(24)23(17)11-14)12-27-20(25)19-16(8-9-26-19)13-4-2-1-3-5-13/h1-11H,12H2. The Labute approximate surface area is 158 Å². The third kappa shape index (κ3) is 3.47. The van der Waals surface area contributed by atoms with E-state index in [4.69, 9.17) is 20.8 Å². The van der Waals surface area contributed by atoms with E-state index in [9.17, 15) is 9.59 Å². The van der Waals surface area contributed by atoms with Crippen molar-refractivity contribution < 1.29 is 13.9 Å². The maximum absolute atomic E-state index is 12.4. The van der Waals surface area contributed by atoms with Gasteiger partial charge in [0.25, 0.3) is 5.56 Å². The van der Waals surface area contributed by atoms with Gasteiger partial charge in [-0.1, -0.05) is 41.9 Å². The summed E-state index contributed by atoms with van der Waals surface area (Å²) in [7, 11) is 0. The molecule has 0 fully saturated rings. The van der Waals surface area contributed by atoms with Gasteiger partial charge in [0, 0.05) is 17.8 Å². The van der Waals surface area contributed by atoms with Crippen molar-refractivity contribution in [2.75, 3.05) is 0 Å². The molecule has 1 aromatic carbocycles. The van der Waals surface area contributed by atoms with Crippen LogP contribution in [0.15, 0.2) is 76.3 Å². The molecule has 4 aromatic rings. The van der Waals surface area contributed by atoms with Gasteiger partial charge in [-0.2, -0.15) is 0 Å². The second-order valence-corrected chi connectivity index (χ2v) is 6.20. The Morgan fingerprint density at radius 3 is 2.78 bits per heavy atom. The highest BCUT2D eigenvalue weighted by Crippen LogP contribution is 2.25. The normalized spacial score (nSPS) is 10.9. The van der Waals surface area contributed by atoms with Crippen LogP contribution in [-0.2, 0) is 11.3 Å². The quantitative estimate of drug-likeness (QED) is 0.501. The van der Waals surface area contributed by atoms with Crippen LogP contribution in [0, 0.1) is 0 Å². The van der Waals surface area contributed by atoms with E-state index in [0.29, 0.717) is 21.9 Å². The van der Waals surface area contributed by atoms with Crippen molar-refractivity contribution in [1.29, 1.82) is 0 Å². The minimum atomic E-state index is -0.628. The SMILES string of the molecule is O=C(OCc1cc(=O)n2cc(Cl)ccc2n1)c1occc1-c1ccccc1. The molecule has 0 atom stereocenters. The van der Waals surface area contributed by atoms with Crippen LogP contribution in [0.25, 0.3) is 16.8 Å². The van der Waals surface area contributed by atoms with E-state index in [1.807, 2.05) is 30.3 Å². The molecule has 134 valence electrons. The Hall–Kier alpha value is -3.38. The van der Waals surface area contributed by atoms with Crippen LogP contribution in [-0.4, -0.2) is 15.4 Å². The number of carbonyl (C=O) groups is 1. The van der Waals surface area contributed by atoms with Gasteiger partial charge in [0.05, 0.1) is 17.0 Å². The second kappa shape index (κ2) is 7.09. The van der Waals surface area contributed by atoms with Crippen LogP contribution >= 0.6 is 11.6 Å². The Balaban J connectivity index is 1.56. The molecule has 0 amide bonds. The number of nitrogens with zero attached hydrogens (tertiary/aromatic N) is 2. The first-order valence-electron chi connectivity index (χ1n) is 8.10. The average Bonchev–Trinajstić information content (AvgIpc) is 3.17. The van der Waals surface area contributed by atoms with Crippen molar-refractivity contribution in [3.63, 3.8) is 0 Å². The lowest BCUT2D eigenvalue weighted by Crippen LogP contribution is -2.16. The summed E-state index contributed by atoms with van der Waals surface area (Å²) in [6.45, 7) is -0.151. The van der Waals surface area contributed by atoms with Crippen LogP contribution in [0.2, 0.25) is 5.02 Å². The van der Waals surface area contributed by atoms with Crippen molar-refractivity contribution in [1.82, 2.24) is 9.38 Å². The largest absolute Gasteiger partial charge is 0.457 e. The summed E-state index contributed by atoms with van der Waals surface area (Å²) in [5.74, 6) is -0.526. The molecule has 27 heavy (non-hydrogen) atoms. The highest BCUT2D eigenvalue weighted by molar-refractivity contribution is 6.30. The Morgan fingerprint density at radius 2 is 1.96 bits per heavy atom. The second-order valence-electron chi connectivity index (χ2n) is 5.77. The molecule has 7 heteroatoms. The summed E-state index contributed by atoms with van der Waals surface area (Å²) in [5, 5.41) is 0.428. The van der Waals surface area contributed by atoms with Crippen LogP contribution in [0.3, 0.4) is 0 Å². The third-order valence-electron chi connectivity index (χ3n) is 3.96. The number of ether oxygens (including phenoxy) is 1. The monoisotopic (exact) mass is 380 g/mol. The molecule has 0 saturated heterocycles. The number of aromatic nitrogens is 2. The predicted molar refractivity (Wildman–Crippen MR) is 99.7 cm³/mol. The summed E-state index contributed by atoms with van der Waals surface area (Å²) in [6, 6.07) is 15.6. The first kappa shape index (κ1) is 17.1. The van der Waals surface area contributed by atoms with Gasteiger partial charge in [-0.05, 0) is 23.8 Å². The smallest absolute Gasteiger partial charge is 0.375 e. The first-order chi connectivity index (χ1) is 13.1. The van der Waals surface area contributed by atoms with E-state index < -0.39 is 5.97 Å². The van der Waals surface area contributed by atoms with Gasteiger partial charge in [0.1, 0.15) is 12.3 Å². The number of furan rings is 1. The van der Waals surface area contributed by atoms with Crippen molar-refractivity contribution in [3.8, 4) is 11.1 Å². The van der Waals surface area contributed by atoms with Crippen molar-refractivity contribution in [2.45, 2.75) is 6.61 Å². The van der Waals surface area contributed by atoms with Crippen LogP contribution < -0.4 is 5.56 Å². The fourth-order valence-electron chi connectivity index (χ4n) is 2.72. The number of fused-ring (bicyclic) bond motifs is 1. The van der Waals surface area contributed by atoms with Gasteiger partial charge in [0.2, 0.25) is 5.76 Å². The molecule has 4 rings (SSSR count). The molecule has 0 aliphatic heterocycles. The molecule has 0 aliphatic carbocycles. The molecule has 0 aliphatic rings. The van der Waals surface area contributed by atoms with Crippen molar-refractivity contribution in [3.05, 3.63) is 93.9 Å². The first-order valence-corrected chi connectivity index (χ1v) is 8.47. The molecule has 0 N–H and O–H groups in total. The molecule has 0 spiro atoms. The molecular weight excluding hydrogens is 368 g/mol. The van der Waals surface area contributed by atoms with Crippen LogP contribution in [0.4, 0.5) is 0 Å². The number of hydrogen-bond acceptors (Lipinski definition) is 5. The molecule has 3 heterocycles. The summed E-state index contributed by atoms with van der Waals surface area (Å²) in [4.78, 5) is 28.9. The number of halogens is 1. The fraction of sp³-hybridized carbons (Fsp3) is 0.0500. The summed E-state index contributed by atoms with van der Waals surface area (Å²) in [6.07, 6.45) is 2.92. The molecule has 6 nitrogen and oxygen atoms in total. The summed E-state index contributed by atoms with van der Waals surface area (Å²) >= 11 is 5.89. The molecule has 0 radical (unpaired) electrons. The highest BCUT2D eigenvalue weighted by atomic mass is 35.5. The number of rotatable bonds is 4. The van der Waals surface area contributed by atoms with Gasteiger partial charge in [0.15, 0.2) is 0 Å². The van der Waals surface area contributed by atoms with Crippen molar-refractivity contribution in [2.24, 2.45) is 0 Å². The van der Waals surface area contributed by atoms with Crippen LogP contribution in [0.5, 0.6) is 0 Å². The zero-order chi connectivity index (χ0) is 18.8. The maximum Gasteiger partial charge on any atom is 0.375 e.